The molecule has 1 N–H and O–H groups in total. The van der Waals surface area contributed by atoms with E-state index in [1.54, 1.807) is 31.3 Å². The number of carbonyl (C=O) groups is 1. The Hall–Kier alpha value is -4.94. The molecular formula is C40H33ClF2N6O3S. The molecule has 2 aliphatic heterocycles. The molecule has 6 heterocycles. The van der Waals surface area contributed by atoms with Crippen LogP contribution in [0.3, 0.4) is 0 Å². The summed E-state index contributed by atoms with van der Waals surface area (Å²) in [6.45, 7) is 2.40. The highest BCUT2D eigenvalue weighted by Gasteiger charge is 2.49. The molecule has 1 fully saturated rings. The number of rotatable bonds is 7. The van der Waals surface area contributed by atoms with Gasteiger partial charge < -0.3 is 19.4 Å². The van der Waals surface area contributed by atoms with Crippen LogP contribution < -0.4 is 10.1 Å². The maximum absolute atomic E-state index is 15.7. The number of pyridine rings is 2. The molecule has 2 aliphatic carbocycles. The van der Waals surface area contributed by atoms with Crippen LogP contribution in [0.5, 0.6) is 5.75 Å². The summed E-state index contributed by atoms with van der Waals surface area (Å²) in [5.41, 5.74) is 6.90. The van der Waals surface area contributed by atoms with Crippen LogP contribution in [-0.4, -0.2) is 50.5 Å². The summed E-state index contributed by atoms with van der Waals surface area (Å²) in [5, 5.41) is 13.3. The maximum Gasteiger partial charge on any atom is 0.276 e. The number of nitrogens with zero attached hydrogens (tertiary/aromatic N) is 5. The lowest BCUT2D eigenvalue weighted by molar-refractivity contribution is -0.00734. The maximum atomic E-state index is 15.7. The Morgan fingerprint density at radius 3 is 2.81 bits per heavy atom. The molecule has 0 saturated carbocycles. The number of hydrogen-bond donors (Lipinski definition) is 1. The van der Waals surface area contributed by atoms with Gasteiger partial charge >= 0.3 is 0 Å². The van der Waals surface area contributed by atoms with Crippen LogP contribution >= 0.6 is 22.9 Å². The van der Waals surface area contributed by atoms with E-state index in [-0.39, 0.29) is 17.9 Å². The topological polar surface area (TPSA) is 106 Å². The second-order valence-electron chi connectivity index (χ2n) is 14.4. The van der Waals surface area contributed by atoms with E-state index < -0.39 is 18.4 Å². The third kappa shape index (κ3) is 5.09. The number of hydrogen-bond acceptors (Lipinski definition) is 9. The monoisotopic (exact) mass is 750 g/mol. The number of alkyl halides is 2. The summed E-state index contributed by atoms with van der Waals surface area (Å²) < 4.78 is 43.7. The van der Waals surface area contributed by atoms with Crippen molar-refractivity contribution >= 4 is 44.7 Å². The fourth-order valence-corrected chi connectivity index (χ4v) is 10.4. The van der Waals surface area contributed by atoms with E-state index in [1.165, 1.54) is 29.6 Å². The van der Waals surface area contributed by atoms with Crippen LogP contribution in [0, 0.1) is 6.92 Å². The van der Waals surface area contributed by atoms with Crippen molar-refractivity contribution in [3.63, 3.8) is 0 Å². The SMILES string of the molecule is COc1cccc2c1CC(F)(F)[C@@H]2Nc1nccc2cc(-c3c4c(nc(C[C@@H]5CCc6cc(Cl)ccc65)c3-c3nnc(C)o3)[C@H]3CCCN3C4=O)sc12. The molecule has 1 amide bonds. The van der Waals surface area contributed by atoms with E-state index in [4.69, 9.17) is 25.7 Å². The van der Waals surface area contributed by atoms with Gasteiger partial charge in [0.25, 0.3) is 11.8 Å². The number of aryl methyl sites for hydroxylation is 2. The van der Waals surface area contributed by atoms with Crippen molar-refractivity contribution in [2.24, 2.45) is 0 Å². The number of ether oxygens (including phenoxy) is 1. The van der Waals surface area contributed by atoms with E-state index in [1.807, 2.05) is 29.2 Å². The van der Waals surface area contributed by atoms with Gasteiger partial charge in [-0.05, 0) is 90.4 Å². The van der Waals surface area contributed by atoms with Gasteiger partial charge in [-0.2, -0.15) is 0 Å². The number of thiophene rings is 1. The van der Waals surface area contributed by atoms with E-state index in [2.05, 4.69) is 26.6 Å². The standard InChI is InChI=1S/C40H33ClF2N6O3S/c1-19-47-48-38(52-19)31-27(16-21-9-8-20-15-23(41)10-11-24(20)21)45-34-28-6-4-14-49(28)39(50)33(34)32(31)30-17-22-12-13-44-37(35(22)53-30)46-36-25-5-3-7-29(51-2)26(25)18-40(36,42)43/h3,5,7,10-13,15,17,21,28,36H,4,6,8-9,14,16,18H2,1-2H3,(H,44,46)/t21-,28+,36+/m0/s1. The number of anilines is 1. The van der Waals surface area contributed by atoms with Crippen molar-refractivity contribution in [2.75, 3.05) is 19.0 Å². The van der Waals surface area contributed by atoms with E-state index >= 15 is 8.78 Å². The van der Waals surface area contributed by atoms with Crippen molar-refractivity contribution in [2.45, 2.75) is 69.4 Å². The predicted molar refractivity (Wildman–Crippen MR) is 198 cm³/mol. The predicted octanol–water partition coefficient (Wildman–Crippen LogP) is 9.29. The summed E-state index contributed by atoms with van der Waals surface area (Å²) in [7, 11) is 1.49. The first-order valence-corrected chi connectivity index (χ1v) is 19.0. The highest BCUT2D eigenvalue weighted by atomic mass is 35.5. The van der Waals surface area contributed by atoms with Crippen molar-refractivity contribution in [3.8, 4) is 27.6 Å². The molecule has 0 bridgehead atoms. The molecule has 268 valence electrons. The van der Waals surface area contributed by atoms with Gasteiger partial charge in [0.15, 0.2) is 0 Å². The number of carbonyl (C=O) groups excluding carboxylic acids is 1. The van der Waals surface area contributed by atoms with Gasteiger partial charge in [-0.3, -0.25) is 9.78 Å². The molecule has 2 aromatic carbocycles. The zero-order chi connectivity index (χ0) is 36.2. The third-order valence-electron chi connectivity index (χ3n) is 11.3. The van der Waals surface area contributed by atoms with Crippen LogP contribution in [0.2, 0.25) is 5.02 Å². The average molecular weight is 751 g/mol. The van der Waals surface area contributed by atoms with Crippen molar-refractivity contribution in [3.05, 3.63) is 105 Å². The highest BCUT2D eigenvalue weighted by molar-refractivity contribution is 7.23. The Balaban J connectivity index is 1.15. The van der Waals surface area contributed by atoms with Gasteiger partial charge in [0, 0.05) is 47.1 Å². The van der Waals surface area contributed by atoms with Crippen LogP contribution in [0.15, 0.2) is 59.1 Å². The molecule has 0 unspecified atom stereocenters. The summed E-state index contributed by atoms with van der Waals surface area (Å²) in [6.07, 6.45) is 5.38. The van der Waals surface area contributed by atoms with Gasteiger partial charge in [0.05, 0.1) is 40.4 Å². The van der Waals surface area contributed by atoms with Crippen LogP contribution in [0.1, 0.15) is 87.2 Å². The number of fused-ring (bicyclic) bond motifs is 6. The number of methoxy groups -OCH3 is 1. The molecule has 4 aliphatic rings. The Bertz CT molecular complexity index is 2500. The first-order valence-electron chi connectivity index (χ1n) is 17.8. The average Bonchev–Trinajstić information content (AvgIpc) is 3.99. The number of halogens is 3. The van der Waals surface area contributed by atoms with Gasteiger partial charge in [0.1, 0.15) is 17.6 Å². The molecule has 13 heteroatoms. The number of aromatic nitrogens is 4. The number of amides is 1. The minimum Gasteiger partial charge on any atom is -0.496 e. The zero-order valence-corrected chi connectivity index (χ0v) is 30.5. The van der Waals surface area contributed by atoms with Gasteiger partial charge in [-0.15, -0.1) is 21.5 Å². The molecule has 0 spiro atoms. The Kier molecular flexibility index (Phi) is 7.43. The molecule has 4 aromatic heterocycles. The molecule has 6 aromatic rings. The smallest absolute Gasteiger partial charge is 0.276 e. The first-order chi connectivity index (χ1) is 25.7. The minimum absolute atomic E-state index is 0.0695. The molecule has 3 atom stereocenters. The summed E-state index contributed by atoms with van der Waals surface area (Å²) in [5.74, 6) is -1.50. The molecule has 10 rings (SSSR count). The normalized spacial score (nSPS) is 20.9. The van der Waals surface area contributed by atoms with E-state index in [0.717, 1.165) is 52.4 Å². The van der Waals surface area contributed by atoms with E-state index in [9.17, 15) is 4.79 Å². The Morgan fingerprint density at radius 2 is 1.98 bits per heavy atom. The fourth-order valence-electron chi connectivity index (χ4n) is 9.00. The third-order valence-corrected chi connectivity index (χ3v) is 12.7. The lowest BCUT2D eigenvalue weighted by atomic mass is 9.89. The summed E-state index contributed by atoms with van der Waals surface area (Å²) in [6, 6.07) is 13.7. The van der Waals surface area contributed by atoms with Gasteiger partial charge in [-0.25, -0.2) is 13.8 Å². The molecule has 9 nitrogen and oxygen atoms in total. The molecule has 0 radical (unpaired) electrons. The number of nitrogens with one attached hydrogen (secondary N) is 1. The second-order valence-corrected chi connectivity index (χ2v) is 15.9. The molecule has 53 heavy (non-hydrogen) atoms. The van der Waals surface area contributed by atoms with Crippen molar-refractivity contribution < 1.29 is 22.7 Å². The van der Waals surface area contributed by atoms with Gasteiger partial charge in [0.2, 0.25) is 11.8 Å². The Labute approximate surface area is 312 Å². The quantitative estimate of drug-likeness (QED) is 0.172. The minimum atomic E-state index is -3.08. The first kappa shape index (κ1) is 32.7. The second kappa shape index (κ2) is 12.0. The van der Waals surface area contributed by atoms with Crippen LogP contribution in [0.25, 0.3) is 32.0 Å². The Morgan fingerprint density at radius 1 is 1.09 bits per heavy atom. The fraction of sp³-hybridized carbons (Fsp3) is 0.325. The lowest BCUT2D eigenvalue weighted by Gasteiger charge is -2.22. The lowest BCUT2D eigenvalue weighted by Crippen LogP contribution is -2.28. The van der Waals surface area contributed by atoms with Crippen molar-refractivity contribution in [1.82, 2.24) is 25.1 Å². The van der Waals surface area contributed by atoms with Crippen LogP contribution in [0.4, 0.5) is 14.6 Å². The van der Waals surface area contributed by atoms with E-state index in [0.29, 0.717) is 68.8 Å². The largest absolute Gasteiger partial charge is 0.496 e. The zero-order valence-electron chi connectivity index (χ0n) is 28.9. The number of benzene rings is 2. The van der Waals surface area contributed by atoms with Gasteiger partial charge in [-0.1, -0.05) is 29.8 Å². The van der Waals surface area contributed by atoms with Crippen molar-refractivity contribution in [1.29, 1.82) is 0 Å². The van der Waals surface area contributed by atoms with Crippen LogP contribution in [-0.2, 0) is 19.3 Å². The summed E-state index contributed by atoms with van der Waals surface area (Å²) >= 11 is 7.78. The molecular weight excluding hydrogens is 718 g/mol. The summed E-state index contributed by atoms with van der Waals surface area (Å²) in [4.78, 5) is 27.0. The molecule has 1 saturated heterocycles. The highest BCUT2D eigenvalue weighted by Crippen LogP contribution is 2.53.